The molecule has 4 N–H and O–H groups in total. The van der Waals surface area contributed by atoms with Crippen molar-refractivity contribution in [2.75, 3.05) is 23.8 Å². The molecule has 0 aliphatic carbocycles. The van der Waals surface area contributed by atoms with Crippen molar-refractivity contribution >= 4 is 37.3 Å². The molecule has 0 aliphatic heterocycles. The average molecular weight is 774 g/mol. The first-order valence-corrected chi connectivity index (χ1v) is 18.5. The summed E-state index contributed by atoms with van der Waals surface area (Å²) >= 11 is 5.92. The number of nitrogens with one attached hydrogen (secondary N) is 1. The number of nitrogens with two attached hydrogens (primary N) is 1. The van der Waals surface area contributed by atoms with Gasteiger partial charge in [0.25, 0.3) is 10.0 Å². The van der Waals surface area contributed by atoms with Crippen molar-refractivity contribution < 1.29 is 35.1 Å². The Bertz CT molecular complexity index is 2380. The molecular formula is C34H31ClF3N7O5S2. The van der Waals surface area contributed by atoms with E-state index in [9.17, 15) is 35.1 Å². The highest BCUT2D eigenvalue weighted by molar-refractivity contribution is 7.92. The van der Waals surface area contributed by atoms with E-state index >= 15 is 0 Å². The molecule has 0 saturated carbocycles. The number of rotatable bonds is 9. The first kappa shape index (κ1) is 38.0. The van der Waals surface area contributed by atoms with Crippen molar-refractivity contribution in [1.82, 2.24) is 19.7 Å². The molecule has 2 heterocycles. The summed E-state index contributed by atoms with van der Waals surface area (Å²) in [6.45, 7) is -0.273. The molecule has 0 aliphatic rings. The molecule has 18 heteroatoms. The highest BCUT2D eigenvalue weighted by Crippen LogP contribution is 2.33. The summed E-state index contributed by atoms with van der Waals surface area (Å²) in [6, 6.07) is 29.7. The summed E-state index contributed by atoms with van der Waals surface area (Å²) in [5.74, 6) is 0. The smallest absolute Gasteiger partial charge is 0.390 e. The topological polar surface area (TPSA) is 165 Å². The number of hydrogen-bond donors (Lipinski definition) is 3. The van der Waals surface area contributed by atoms with E-state index in [1.165, 1.54) is 35.0 Å². The van der Waals surface area contributed by atoms with E-state index in [1.807, 2.05) is 19.0 Å². The Morgan fingerprint density at radius 3 is 1.96 bits per heavy atom. The van der Waals surface area contributed by atoms with E-state index < -0.39 is 31.9 Å². The Morgan fingerprint density at radius 1 is 0.808 bits per heavy atom. The maximum Gasteiger partial charge on any atom is 0.435 e. The molecule has 0 saturated heterocycles. The monoisotopic (exact) mass is 773 g/mol. The van der Waals surface area contributed by atoms with Crippen LogP contribution in [0.3, 0.4) is 0 Å². The van der Waals surface area contributed by atoms with Gasteiger partial charge in [-0.2, -0.15) is 36.3 Å². The van der Waals surface area contributed by atoms with Gasteiger partial charge in [0.2, 0.25) is 10.0 Å². The van der Waals surface area contributed by atoms with E-state index in [0.717, 1.165) is 17.3 Å². The van der Waals surface area contributed by atoms with Crippen LogP contribution in [0.25, 0.3) is 28.2 Å². The molecular weight excluding hydrogens is 743 g/mol. The molecule has 0 unspecified atom stereocenters. The second-order valence-corrected chi connectivity index (χ2v) is 14.9. The lowest BCUT2D eigenvalue weighted by molar-refractivity contribution is -0.141. The lowest BCUT2D eigenvalue weighted by Gasteiger charge is -2.14. The predicted molar refractivity (Wildman–Crippen MR) is 191 cm³/mol. The summed E-state index contributed by atoms with van der Waals surface area (Å²) in [5.41, 5.74) is 2.10. The molecule has 2 aromatic heterocycles. The number of primary sulfonamides is 1. The van der Waals surface area contributed by atoms with Crippen molar-refractivity contribution in [2.24, 2.45) is 5.14 Å². The maximum atomic E-state index is 13.2. The molecule has 6 aromatic rings. The third kappa shape index (κ3) is 8.80. The SMILES string of the molecule is CN(C)c1ccc(-c2cc(C(F)(F)F)nn2NS(=O)(=O)c2ccccc2)cc1.NS(=O)(=O)c1ccccc1-n1nc(CO)cc1-c1ccc(Cl)cc1. The number of halogens is 4. The van der Waals surface area contributed by atoms with Crippen LogP contribution in [-0.2, 0) is 32.8 Å². The minimum atomic E-state index is -4.72. The number of hydrogen-bond acceptors (Lipinski definition) is 8. The van der Waals surface area contributed by atoms with Gasteiger partial charge in [0.1, 0.15) is 4.90 Å². The zero-order valence-corrected chi connectivity index (χ0v) is 29.8. The lowest BCUT2D eigenvalue weighted by atomic mass is 10.1. The fraction of sp³-hybridized carbons (Fsp3) is 0.118. The van der Waals surface area contributed by atoms with Gasteiger partial charge in [-0.05, 0) is 60.7 Å². The number of nitrogens with zero attached hydrogens (tertiary/aromatic N) is 5. The van der Waals surface area contributed by atoms with Crippen LogP contribution < -0.4 is 14.9 Å². The summed E-state index contributed by atoms with van der Waals surface area (Å²) in [6.07, 6.45) is -4.72. The quantitative estimate of drug-likeness (QED) is 0.164. The van der Waals surface area contributed by atoms with Crippen LogP contribution in [0, 0.1) is 0 Å². The number of aliphatic hydroxyl groups is 1. The van der Waals surface area contributed by atoms with Gasteiger partial charge in [0.05, 0.1) is 34.3 Å². The molecule has 0 spiro atoms. The lowest BCUT2D eigenvalue weighted by Crippen LogP contribution is -2.25. The summed E-state index contributed by atoms with van der Waals surface area (Å²) in [4.78, 5) is 4.43. The van der Waals surface area contributed by atoms with Gasteiger partial charge in [-0.15, -0.1) is 5.10 Å². The molecule has 0 amide bonds. The average Bonchev–Trinajstić information content (AvgIpc) is 3.74. The van der Waals surface area contributed by atoms with Gasteiger partial charge < -0.3 is 10.0 Å². The van der Waals surface area contributed by atoms with Crippen molar-refractivity contribution in [3.8, 4) is 28.2 Å². The van der Waals surface area contributed by atoms with E-state index in [0.29, 0.717) is 32.5 Å². The highest BCUT2D eigenvalue weighted by Gasteiger charge is 2.36. The third-order valence-electron chi connectivity index (χ3n) is 7.40. The van der Waals surface area contributed by atoms with Crippen molar-refractivity contribution in [3.05, 3.63) is 132 Å². The molecule has 272 valence electrons. The van der Waals surface area contributed by atoms with Crippen LogP contribution in [0.1, 0.15) is 11.4 Å². The maximum absolute atomic E-state index is 13.2. The first-order valence-electron chi connectivity index (χ1n) is 15.1. The van der Waals surface area contributed by atoms with Crippen LogP contribution in [0.4, 0.5) is 18.9 Å². The number of aliphatic hydroxyl groups excluding tert-OH is 1. The van der Waals surface area contributed by atoms with E-state index in [2.05, 4.69) is 15.0 Å². The Morgan fingerprint density at radius 2 is 1.38 bits per heavy atom. The summed E-state index contributed by atoms with van der Waals surface area (Å²) in [5, 5.41) is 23.0. The molecule has 12 nitrogen and oxygen atoms in total. The fourth-order valence-electron chi connectivity index (χ4n) is 4.88. The number of anilines is 1. The minimum Gasteiger partial charge on any atom is -0.390 e. The minimum absolute atomic E-state index is 0.0304. The van der Waals surface area contributed by atoms with Crippen LogP contribution >= 0.6 is 11.6 Å². The number of aromatic nitrogens is 4. The summed E-state index contributed by atoms with van der Waals surface area (Å²) < 4.78 is 89.7. The van der Waals surface area contributed by atoms with E-state index in [-0.39, 0.29) is 22.1 Å². The second kappa shape index (κ2) is 15.2. The number of sulfonamides is 2. The first-order chi connectivity index (χ1) is 24.5. The van der Waals surface area contributed by atoms with Crippen molar-refractivity contribution in [1.29, 1.82) is 0 Å². The van der Waals surface area contributed by atoms with Crippen LogP contribution in [-0.4, -0.2) is 55.7 Å². The highest BCUT2D eigenvalue weighted by atomic mass is 35.5. The normalized spacial score (nSPS) is 11.8. The Kier molecular flexibility index (Phi) is 11.1. The van der Waals surface area contributed by atoms with Gasteiger partial charge in [0, 0.05) is 35.9 Å². The number of alkyl halides is 3. The molecule has 52 heavy (non-hydrogen) atoms. The standard InChI is InChI=1S/C18H17F3N4O2S.C16H14ClN3O3S/c1-24(2)14-10-8-13(9-11-14)16-12-17(18(19,20)21)22-25(16)23-28(26,27)15-6-4-3-5-7-15;17-12-7-5-11(6-8-12)15-9-13(10-21)19-20(15)14-3-1-2-4-16(14)24(18,22)23/h3-12,23H,1-2H3;1-9,21H,10H2,(H2,18,22,23). The zero-order valence-electron chi connectivity index (χ0n) is 27.4. The molecule has 0 fully saturated rings. The fourth-order valence-corrected chi connectivity index (χ4v) is 6.71. The van der Waals surface area contributed by atoms with E-state index in [4.69, 9.17) is 16.7 Å². The van der Waals surface area contributed by atoms with Gasteiger partial charge in [-0.3, -0.25) is 0 Å². The van der Waals surface area contributed by atoms with Crippen molar-refractivity contribution in [3.63, 3.8) is 0 Å². The summed E-state index contributed by atoms with van der Waals surface area (Å²) in [7, 11) is -4.40. The Balaban J connectivity index is 0.000000203. The Hall–Kier alpha value is -5.20. The van der Waals surface area contributed by atoms with Crippen LogP contribution in [0.5, 0.6) is 0 Å². The van der Waals surface area contributed by atoms with Crippen molar-refractivity contribution in [2.45, 2.75) is 22.6 Å². The number of benzene rings is 4. The molecule has 0 atom stereocenters. The van der Waals surface area contributed by atoms with E-state index in [1.54, 1.807) is 78.9 Å². The van der Waals surface area contributed by atoms with Crippen LogP contribution in [0.2, 0.25) is 5.02 Å². The van der Waals surface area contributed by atoms with Gasteiger partial charge >= 0.3 is 6.18 Å². The number of para-hydroxylation sites is 1. The molecule has 4 aromatic carbocycles. The third-order valence-corrected chi connectivity index (χ3v) is 9.92. The van der Waals surface area contributed by atoms with Crippen LogP contribution in [0.15, 0.2) is 125 Å². The Labute approximate surface area is 302 Å². The van der Waals surface area contributed by atoms with Gasteiger partial charge in [-0.1, -0.05) is 66.2 Å². The largest absolute Gasteiger partial charge is 0.435 e. The molecule has 6 rings (SSSR count). The molecule has 0 radical (unpaired) electrons. The van der Waals surface area contributed by atoms with Gasteiger partial charge in [0.15, 0.2) is 5.69 Å². The predicted octanol–water partition coefficient (Wildman–Crippen LogP) is 5.90. The second-order valence-electron chi connectivity index (χ2n) is 11.3. The zero-order chi connectivity index (χ0) is 37.8. The molecule has 0 bridgehead atoms. The van der Waals surface area contributed by atoms with Gasteiger partial charge in [-0.25, -0.2) is 18.2 Å².